The van der Waals surface area contributed by atoms with Gasteiger partial charge in [0.1, 0.15) is 23.7 Å². The number of rotatable bonds is 5. The maximum Gasteiger partial charge on any atom is 0.213 e. The molecule has 0 N–H and O–H groups in total. The molecule has 0 aliphatic carbocycles. The number of hydrogen-bond acceptors (Lipinski definition) is 3. The maximum absolute atomic E-state index is 14.0. The summed E-state index contributed by atoms with van der Waals surface area (Å²) in [4.78, 5) is 16.7. The average Bonchev–Trinajstić information content (AvgIpc) is 3.41. The van der Waals surface area contributed by atoms with Crippen molar-refractivity contribution in [3.8, 4) is 22.6 Å². The molecule has 0 atom stereocenters. The van der Waals surface area contributed by atoms with Crippen LogP contribution in [0.1, 0.15) is 16.1 Å². The number of aromatic nitrogens is 2. The highest BCUT2D eigenvalue weighted by Gasteiger charge is 2.15. The van der Waals surface area contributed by atoms with Crippen molar-refractivity contribution in [2.75, 3.05) is 7.11 Å². The topological polar surface area (TPSA) is 44.1 Å². The van der Waals surface area contributed by atoms with Crippen LogP contribution in [0.5, 0.6) is 5.75 Å². The largest absolute Gasteiger partial charge is 0.493 e. The molecule has 0 saturated carbocycles. The third-order valence-corrected chi connectivity index (χ3v) is 5.86. The minimum Gasteiger partial charge on any atom is -0.493 e. The number of carbonyl (C=O) groups is 1. The quantitative estimate of drug-likeness (QED) is 0.206. The first-order valence-corrected chi connectivity index (χ1v) is 11.8. The molecule has 4 aromatic carbocycles. The number of hydrogen-bond donors (Lipinski definition) is 0. The van der Waals surface area contributed by atoms with Crippen LogP contribution in [0.15, 0.2) is 108 Å². The van der Waals surface area contributed by atoms with Crippen molar-refractivity contribution in [1.29, 1.82) is 0 Å². The molecule has 186 valence electrons. The molecular formula is C29H20BrF3N2O2. The van der Waals surface area contributed by atoms with Crippen LogP contribution in [0.2, 0.25) is 0 Å². The summed E-state index contributed by atoms with van der Waals surface area (Å²) in [7, 11) is 1.42. The van der Waals surface area contributed by atoms with Gasteiger partial charge in [0, 0.05) is 27.5 Å². The second kappa shape index (κ2) is 11.7. The standard InChI is InChI=1S/C23H16F2N2O2.C6H4BrF/c1-29-23-19(9-4-10-20(23)25)15-5-3-8-18(12-15)27-13-21(26-14-27)22(28)16-6-2-7-17(24)11-16;7-5-1-3-6(8)4-2-5/h2-14H,1H3;1-4H. The summed E-state index contributed by atoms with van der Waals surface area (Å²) < 4.78 is 47.3. The van der Waals surface area contributed by atoms with Crippen molar-refractivity contribution in [3.05, 3.63) is 137 Å². The van der Waals surface area contributed by atoms with E-state index in [-0.39, 0.29) is 28.6 Å². The first-order valence-electron chi connectivity index (χ1n) is 11.0. The smallest absolute Gasteiger partial charge is 0.213 e. The summed E-state index contributed by atoms with van der Waals surface area (Å²) in [6, 6.07) is 23.7. The van der Waals surface area contributed by atoms with Crippen LogP contribution >= 0.6 is 15.9 Å². The van der Waals surface area contributed by atoms with Crippen LogP contribution in [0.25, 0.3) is 16.8 Å². The predicted molar refractivity (Wildman–Crippen MR) is 139 cm³/mol. The molecule has 0 radical (unpaired) electrons. The van der Waals surface area contributed by atoms with Crippen LogP contribution < -0.4 is 4.74 Å². The van der Waals surface area contributed by atoms with Gasteiger partial charge in [-0.05, 0) is 60.2 Å². The van der Waals surface area contributed by atoms with E-state index < -0.39 is 11.6 Å². The van der Waals surface area contributed by atoms with E-state index in [1.54, 1.807) is 41.1 Å². The van der Waals surface area contributed by atoms with Crippen molar-refractivity contribution >= 4 is 21.7 Å². The Balaban J connectivity index is 0.000000342. The molecule has 1 aromatic heterocycles. The van der Waals surface area contributed by atoms with Gasteiger partial charge in [-0.1, -0.05) is 52.3 Å². The Morgan fingerprint density at radius 3 is 2.30 bits per heavy atom. The monoisotopic (exact) mass is 564 g/mol. The molecule has 0 aliphatic heterocycles. The fourth-order valence-electron chi connectivity index (χ4n) is 3.57. The Kier molecular flexibility index (Phi) is 8.20. The third kappa shape index (κ3) is 6.34. The summed E-state index contributed by atoms with van der Waals surface area (Å²) in [5, 5.41) is 0. The summed E-state index contributed by atoms with van der Waals surface area (Å²) in [6.07, 6.45) is 3.09. The fraction of sp³-hybridized carbons (Fsp3) is 0.0345. The number of ketones is 1. The minimum atomic E-state index is -0.480. The van der Waals surface area contributed by atoms with Crippen LogP contribution in [0.3, 0.4) is 0 Å². The molecular weight excluding hydrogens is 545 g/mol. The second-order valence-electron chi connectivity index (χ2n) is 7.81. The van der Waals surface area contributed by atoms with E-state index in [2.05, 4.69) is 20.9 Å². The SMILES string of the molecule is COc1c(F)cccc1-c1cccc(-n2cnc(C(=O)c3cccc(F)c3)c2)c1.Fc1ccc(Br)cc1. The Morgan fingerprint density at radius 2 is 1.59 bits per heavy atom. The van der Waals surface area contributed by atoms with Crippen molar-refractivity contribution in [3.63, 3.8) is 0 Å². The molecule has 5 aromatic rings. The van der Waals surface area contributed by atoms with E-state index in [9.17, 15) is 18.0 Å². The molecule has 0 aliphatic rings. The van der Waals surface area contributed by atoms with E-state index in [1.807, 2.05) is 24.3 Å². The number of benzene rings is 4. The molecule has 0 unspecified atom stereocenters. The molecule has 4 nitrogen and oxygen atoms in total. The summed E-state index contributed by atoms with van der Waals surface area (Å²) in [5.74, 6) is -1.33. The summed E-state index contributed by atoms with van der Waals surface area (Å²) >= 11 is 3.18. The Bertz CT molecular complexity index is 1510. The number of methoxy groups -OCH3 is 1. The molecule has 0 bridgehead atoms. The van der Waals surface area contributed by atoms with Crippen LogP contribution in [-0.4, -0.2) is 22.4 Å². The van der Waals surface area contributed by atoms with E-state index >= 15 is 0 Å². The van der Waals surface area contributed by atoms with Crippen molar-refractivity contribution in [2.45, 2.75) is 0 Å². The van der Waals surface area contributed by atoms with Crippen LogP contribution in [0.4, 0.5) is 13.2 Å². The Labute approximate surface area is 220 Å². The minimum absolute atomic E-state index is 0.164. The fourth-order valence-corrected chi connectivity index (χ4v) is 3.83. The Morgan fingerprint density at radius 1 is 0.865 bits per heavy atom. The normalized spacial score (nSPS) is 10.4. The van der Waals surface area contributed by atoms with Gasteiger partial charge >= 0.3 is 0 Å². The Hall–Kier alpha value is -4.17. The number of para-hydroxylation sites is 1. The molecule has 0 saturated heterocycles. The zero-order chi connectivity index (χ0) is 26.4. The molecule has 0 fully saturated rings. The van der Waals surface area contributed by atoms with Gasteiger partial charge in [0.15, 0.2) is 11.6 Å². The van der Waals surface area contributed by atoms with Gasteiger partial charge < -0.3 is 9.30 Å². The molecule has 0 amide bonds. The number of imidazole rings is 1. The molecule has 5 rings (SSSR count). The first kappa shape index (κ1) is 25.9. The maximum atomic E-state index is 14.0. The van der Waals surface area contributed by atoms with Crippen molar-refractivity contribution < 1.29 is 22.7 Å². The van der Waals surface area contributed by atoms with Gasteiger partial charge in [0.2, 0.25) is 5.78 Å². The third-order valence-electron chi connectivity index (χ3n) is 5.33. The van der Waals surface area contributed by atoms with Crippen LogP contribution in [-0.2, 0) is 0 Å². The highest BCUT2D eigenvalue weighted by Crippen LogP contribution is 2.33. The van der Waals surface area contributed by atoms with E-state index in [0.717, 1.165) is 15.7 Å². The van der Waals surface area contributed by atoms with Gasteiger partial charge in [-0.25, -0.2) is 18.2 Å². The number of ether oxygens (including phenoxy) is 1. The molecule has 1 heterocycles. The van der Waals surface area contributed by atoms with Crippen molar-refractivity contribution in [2.24, 2.45) is 0 Å². The van der Waals surface area contributed by atoms with Gasteiger partial charge in [-0.2, -0.15) is 0 Å². The summed E-state index contributed by atoms with van der Waals surface area (Å²) in [6.45, 7) is 0. The first-order chi connectivity index (χ1) is 17.9. The van der Waals surface area contributed by atoms with Crippen LogP contribution in [0, 0.1) is 17.5 Å². The lowest BCUT2D eigenvalue weighted by molar-refractivity contribution is 0.103. The lowest BCUT2D eigenvalue weighted by atomic mass is 10.0. The van der Waals surface area contributed by atoms with E-state index in [0.29, 0.717) is 5.56 Å². The van der Waals surface area contributed by atoms with Gasteiger partial charge in [-0.15, -0.1) is 0 Å². The second-order valence-corrected chi connectivity index (χ2v) is 8.73. The number of nitrogens with zero attached hydrogens (tertiary/aromatic N) is 2. The zero-order valence-electron chi connectivity index (χ0n) is 19.5. The molecule has 8 heteroatoms. The molecule has 37 heavy (non-hydrogen) atoms. The summed E-state index contributed by atoms with van der Waals surface area (Å²) in [5.41, 5.74) is 2.54. The highest BCUT2D eigenvalue weighted by molar-refractivity contribution is 9.10. The predicted octanol–water partition coefficient (Wildman–Crippen LogP) is 7.65. The molecule has 0 spiro atoms. The van der Waals surface area contributed by atoms with Gasteiger partial charge in [-0.3, -0.25) is 4.79 Å². The highest BCUT2D eigenvalue weighted by atomic mass is 79.9. The zero-order valence-corrected chi connectivity index (χ0v) is 21.1. The van der Waals surface area contributed by atoms with Gasteiger partial charge in [0.25, 0.3) is 0 Å². The lowest BCUT2D eigenvalue weighted by Gasteiger charge is -2.11. The number of carbonyl (C=O) groups excluding carboxylic acids is 1. The number of halogens is 4. The van der Waals surface area contributed by atoms with Gasteiger partial charge in [0.05, 0.1) is 7.11 Å². The van der Waals surface area contributed by atoms with Crippen molar-refractivity contribution in [1.82, 2.24) is 9.55 Å². The average molecular weight is 565 g/mol. The van der Waals surface area contributed by atoms with E-state index in [1.165, 1.54) is 49.8 Å². The lowest BCUT2D eigenvalue weighted by Crippen LogP contribution is -2.02. The van der Waals surface area contributed by atoms with E-state index in [4.69, 9.17) is 4.74 Å².